The van der Waals surface area contributed by atoms with E-state index in [1.165, 1.54) is 11.8 Å². The molecule has 6 nitrogen and oxygen atoms in total. The topological polar surface area (TPSA) is 64.7 Å². The zero-order valence-electron chi connectivity index (χ0n) is 19.1. The first-order valence-electron chi connectivity index (χ1n) is 11.0. The molecular formula is C24H28Cl2N4O2S2. The summed E-state index contributed by atoms with van der Waals surface area (Å²) in [7, 11) is 0. The molecule has 2 amide bonds. The fourth-order valence-corrected chi connectivity index (χ4v) is 4.78. The molecule has 0 radical (unpaired) electrons. The predicted octanol–water partition coefficient (Wildman–Crippen LogP) is 5.29. The molecule has 2 aromatic rings. The summed E-state index contributed by atoms with van der Waals surface area (Å²) < 4.78 is 0. The van der Waals surface area contributed by atoms with Gasteiger partial charge < -0.3 is 20.4 Å². The van der Waals surface area contributed by atoms with E-state index in [9.17, 15) is 9.59 Å². The SMILES string of the molecule is CC(C)CC(=O)N1CCN(c2ccc(Cl)cc2NC(=S)NC(=O)CSc2ccc(Cl)cc2)CC1. The summed E-state index contributed by atoms with van der Waals surface area (Å²) in [5, 5.41) is 7.25. The summed E-state index contributed by atoms with van der Waals surface area (Å²) >= 11 is 18.9. The Hall–Kier alpha value is -2.00. The monoisotopic (exact) mass is 538 g/mol. The van der Waals surface area contributed by atoms with Crippen molar-refractivity contribution in [1.82, 2.24) is 10.2 Å². The lowest BCUT2D eigenvalue weighted by molar-refractivity contribution is -0.132. The van der Waals surface area contributed by atoms with Gasteiger partial charge in [-0.05, 0) is 60.6 Å². The second-order valence-corrected chi connectivity index (χ2v) is 10.7. The zero-order chi connectivity index (χ0) is 24.7. The Morgan fingerprint density at radius 1 is 1.03 bits per heavy atom. The van der Waals surface area contributed by atoms with Crippen LogP contribution in [0.3, 0.4) is 0 Å². The van der Waals surface area contributed by atoms with Crippen LogP contribution >= 0.6 is 47.2 Å². The third-order valence-corrected chi connectivity index (χ3v) is 6.90. The maximum atomic E-state index is 12.4. The number of hydrogen-bond acceptors (Lipinski definition) is 5. The Bertz CT molecular complexity index is 1030. The number of benzene rings is 2. The van der Waals surface area contributed by atoms with Gasteiger partial charge in [0.05, 0.1) is 17.1 Å². The van der Waals surface area contributed by atoms with E-state index in [-0.39, 0.29) is 22.7 Å². The van der Waals surface area contributed by atoms with Crippen LogP contribution in [0.25, 0.3) is 0 Å². The lowest BCUT2D eigenvalue weighted by Gasteiger charge is -2.37. The van der Waals surface area contributed by atoms with Crippen molar-refractivity contribution in [1.29, 1.82) is 0 Å². The fourth-order valence-electron chi connectivity index (χ4n) is 3.56. The van der Waals surface area contributed by atoms with Gasteiger partial charge in [0.15, 0.2) is 5.11 Å². The van der Waals surface area contributed by atoms with E-state index >= 15 is 0 Å². The molecule has 2 aromatic carbocycles. The first kappa shape index (κ1) is 26.6. The Morgan fingerprint density at radius 2 is 1.68 bits per heavy atom. The maximum absolute atomic E-state index is 12.4. The average Bonchev–Trinajstić information content (AvgIpc) is 2.78. The fraction of sp³-hybridized carbons (Fsp3) is 0.375. The first-order chi connectivity index (χ1) is 16.2. The molecule has 3 rings (SSSR count). The Morgan fingerprint density at radius 3 is 2.32 bits per heavy atom. The lowest BCUT2D eigenvalue weighted by atomic mass is 10.1. The average molecular weight is 540 g/mol. The highest BCUT2D eigenvalue weighted by atomic mass is 35.5. The molecule has 0 spiro atoms. The smallest absolute Gasteiger partial charge is 0.236 e. The van der Waals surface area contributed by atoms with Crippen molar-refractivity contribution in [2.45, 2.75) is 25.2 Å². The van der Waals surface area contributed by atoms with Gasteiger partial charge in [-0.1, -0.05) is 37.0 Å². The molecule has 0 saturated carbocycles. The van der Waals surface area contributed by atoms with E-state index < -0.39 is 0 Å². The number of nitrogens with zero attached hydrogens (tertiary/aromatic N) is 2. The molecule has 0 bridgehead atoms. The Kier molecular flexibility index (Phi) is 9.88. The Labute approximate surface area is 220 Å². The van der Waals surface area contributed by atoms with Crippen LogP contribution in [0.1, 0.15) is 20.3 Å². The number of amides is 2. The molecule has 0 atom stereocenters. The molecule has 2 N–H and O–H groups in total. The number of piperazine rings is 1. The molecule has 10 heteroatoms. The predicted molar refractivity (Wildman–Crippen MR) is 146 cm³/mol. The van der Waals surface area contributed by atoms with Gasteiger partial charge in [-0.15, -0.1) is 11.8 Å². The first-order valence-corrected chi connectivity index (χ1v) is 13.2. The van der Waals surface area contributed by atoms with Crippen molar-refractivity contribution < 1.29 is 9.59 Å². The molecule has 0 aromatic heterocycles. The van der Waals surface area contributed by atoms with Crippen LogP contribution < -0.4 is 15.5 Å². The van der Waals surface area contributed by atoms with E-state index in [2.05, 4.69) is 29.4 Å². The largest absolute Gasteiger partial charge is 0.366 e. The summed E-state index contributed by atoms with van der Waals surface area (Å²) in [6, 6.07) is 12.8. The van der Waals surface area contributed by atoms with Gasteiger partial charge in [0.2, 0.25) is 11.8 Å². The minimum absolute atomic E-state index is 0.199. The van der Waals surface area contributed by atoms with E-state index in [0.29, 0.717) is 54.3 Å². The van der Waals surface area contributed by atoms with Gasteiger partial charge in [-0.25, -0.2) is 0 Å². The normalized spacial score (nSPS) is 13.7. The van der Waals surface area contributed by atoms with Gasteiger partial charge in [-0.3, -0.25) is 9.59 Å². The minimum atomic E-state index is -0.210. The highest BCUT2D eigenvalue weighted by molar-refractivity contribution is 8.00. The number of carbonyl (C=O) groups is 2. The number of hydrogen-bond donors (Lipinski definition) is 2. The van der Waals surface area contributed by atoms with Crippen molar-refractivity contribution in [3.05, 3.63) is 52.5 Å². The molecule has 1 aliphatic heterocycles. The van der Waals surface area contributed by atoms with E-state index in [0.717, 1.165) is 10.6 Å². The summed E-state index contributed by atoms with van der Waals surface area (Å²) in [4.78, 5) is 29.8. The van der Waals surface area contributed by atoms with E-state index in [1.54, 1.807) is 18.2 Å². The summed E-state index contributed by atoms with van der Waals surface area (Å²) in [6.45, 7) is 6.84. The second kappa shape index (κ2) is 12.6. The molecule has 1 heterocycles. The maximum Gasteiger partial charge on any atom is 0.236 e. The second-order valence-electron chi connectivity index (χ2n) is 8.37. The zero-order valence-corrected chi connectivity index (χ0v) is 22.3. The van der Waals surface area contributed by atoms with Crippen LogP contribution in [-0.2, 0) is 9.59 Å². The van der Waals surface area contributed by atoms with Gasteiger partial charge in [-0.2, -0.15) is 0 Å². The molecule has 182 valence electrons. The molecule has 0 aliphatic carbocycles. The van der Waals surface area contributed by atoms with Crippen molar-refractivity contribution in [3.8, 4) is 0 Å². The van der Waals surface area contributed by atoms with Crippen LogP contribution in [0.5, 0.6) is 0 Å². The molecule has 1 aliphatic rings. The molecule has 34 heavy (non-hydrogen) atoms. The quantitative estimate of drug-likeness (QED) is 0.368. The lowest BCUT2D eigenvalue weighted by Crippen LogP contribution is -2.49. The van der Waals surface area contributed by atoms with Gasteiger partial charge in [0.25, 0.3) is 0 Å². The number of rotatable bonds is 7. The van der Waals surface area contributed by atoms with Crippen molar-refractivity contribution in [2.24, 2.45) is 5.92 Å². The standard InChI is InChI=1S/C24H28Cl2N4O2S2/c1-16(2)13-23(32)30-11-9-29(10-12-30)21-8-5-18(26)14-20(21)27-24(33)28-22(31)15-34-19-6-3-17(25)4-7-19/h3-8,14,16H,9-13,15H2,1-2H3,(H2,27,28,31,33). The number of carbonyl (C=O) groups excluding carboxylic acids is 2. The molecule has 1 fully saturated rings. The number of nitrogens with one attached hydrogen (secondary N) is 2. The van der Waals surface area contributed by atoms with Crippen LogP contribution in [0.2, 0.25) is 10.0 Å². The Balaban J connectivity index is 1.56. The summed E-state index contributed by atoms with van der Waals surface area (Å²) in [5.74, 6) is 0.555. The van der Waals surface area contributed by atoms with Crippen LogP contribution in [0.15, 0.2) is 47.4 Å². The molecular weight excluding hydrogens is 511 g/mol. The summed E-state index contributed by atoms with van der Waals surface area (Å²) in [6.07, 6.45) is 0.567. The van der Waals surface area contributed by atoms with Crippen LogP contribution in [0.4, 0.5) is 11.4 Å². The van der Waals surface area contributed by atoms with Crippen LogP contribution in [-0.4, -0.2) is 53.8 Å². The van der Waals surface area contributed by atoms with Gasteiger partial charge in [0, 0.05) is 47.5 Å². The molecule has 1 saturated heterocycles. The third kappa shape index (κ3) is 8.05. The number of thiocarbonyl (C=S) groups is 1. The minimum Gasteiger partial charge on any atom is -0.366 e. The number of anilines is 2. The highest BCUT2D eigenvalue weighted by Gasteiger charge is 2.23. The highest BCUT2D eigenvalue weighted by Crippen LogP contribution is 2.30. The summed E-state index contributed by atoms with van der Waals surface area (Å²) in [5.41, 5.74) is 1.64. The third-order valence-electron chi connectivity index (χ3n) is 5.20. The van der Waals surface area contributed by atoms with Crippen molar-refractivity contribution >= 4 is 75.5 Å². The number of thioether (sulfide) groups is 1. The van der Waals surface area contributed by atoms with E-state index in [4.69, 9.17) is 35.4 Å². The van der Waals surface area contributed by atoms with Crippen molar-refractivity contribution in [3.63, 3.8) is 0 Å². The number of halogens is 2. The van der Waals surface area contributed by atoms with E-state index in [1.807, 2.05) is 29.2 Å². The van der Waals surface area contributed by atoms with Gasteiger partial charge in [0.1, 0.15) is 0 Å². The van der Waals surface area contributed by atoms with Crippen LogP contribution in [0, 0.1) is 5.92 Å². The van der Waals surface area contributed by atoms with Gasteiger partial charge >= 0.3 is 0 Å². The molecule has 0 unspecified atom stereocenters. The van der Waals surface area contributed by atoms with Crippen molar-refractivity contribution in [2.75, 3.05) is 42.1 Å².